The second kappa shape index (κ2) is 11.2. The van der Waals surface area contributed by atoms with Crippen molar-refractivity contribution in [3.63, 3.8) is 0 Å². The van der Waals surface area contributed by atoms with Crippen molar-refractivity contribution in [2.45, 2.75) is 32.4 Å². The van der Waals surface area contributed by atoms with E-state index in [0.717, 1.165) is 23.0 Å². The zero-order chi connectivity index (χ0) is 29.3. The number of aromatic nitrogens is 1. The fourth-order valence-electron chi connectivity index (χ4n) is 4.78. The Hall–Kier alpha value is -5.03. The van der Waals surface area contributed by atoms with Gasteiger partial charge in [-0.25, -0.2) is 9.59 Å². The molecule has 0 spiro atoms. The number of amides is 1. The Labute approximate surface area is 240 Å². The molecule has 10 nitrogen and oxygen atoms in total. The number of anilines is 2. The minimum Gasteiger partial charge on any atom is -0.478 e. The number of nitrogens with zero attached hydrogens (tertiary/aromatic N) is 2. The van der Waals surface area contributed by atoms with Crippen LogP contribution in [0.15, 0.2) is 77.3 Å². The molecule has 1 amide bonds. The highest BCUT2D eigenvalue weighted by Crippen LogP contribution is 2.43. The van der Waals surface area contributed by atoms with Gasteiger partial charge in [0.25, 0.3) is 0 Å². The number of aromatic carboxylic acids is 2. The molecule has 0 saturated carbocycles. The number of pyridine rings is 1. The van der Waals surface area contributed by atoms with Crippen LogP contribution in [0.1, 0.15) is 63.2 Å². The van der Waals surface area contributed by atoms with E-state index in [2.05, 4.69) is 15.6 Å². The van der Waals surface area contributed by atoms with Crippen LogP contribution < -0.4 is 15.5 Å². The third-order valence-electron chi connectivity index (χ3n) is 6.81. The second-order valence-corrected chi connectivity index (χ2v) is 9.90. The first-order valence-electron chi connectivity index (χ1n) is 12.8. The van der Waals surface area contributed by atoms with Gasteiger partial charge in [-0.05, 0) is 85.4 Å². The van der Waals surface area contributed by atoms with Crippen LogP contribution in [0.2, 0.25) is 0 Å². The van der Waals surface area contributed by atoms with Gasteiger partial charge in [0, 0.05) is 29.6 Å². The average molecular weight is 571 g/mol. The largest absolute Gasteiger partial charge is 0.478 e. The fraction of sp³-hybridized carbons (Fsp3) is 0.167. The molecule has 0 bridgehead atoms. The van der Waals surface area contributed by atoms with E-state index in [1.165, 1.54) is 12.1 Å². The molecule has 2 aromatic heterocycles. The van der Waals surface area contributed by atoms with Crippen molar-refractivity contribution >= 4 is 46.6 Å². The van der Waals surface area contributed by atoms with Crippen LogP contribution in [0.5, 0.6) is 0 Å². The van der Waals surface area contributed by atoms with Crippen molar-refractivity contribution < 1.29 is 29.0 Å². The molecule has 1 aliphatic heterocycles. The molecule has 4 aromatic rings. The predicted molar refractivity (Wildman–Crippen MR) is 156 cm³/mol. The van der Waals surface area contributed by atoms with E-state index in [0.29, 0.717) is 34.3 Å². The maximum Gasteiger partial charge on any atom is 0.335 e. The monoisotopic (exact) mass is 570 g/mol. The number of hydrogen-bond donors (Lipinski definition) is 4. The molecule has 2 atom stereocenters. The quantitative estimate of drug-likeness (QED) is 0.198. The number of aryl methyl sites for hydroxylation is 1. The molecule has 11 heteroatoms. The zero-order valence-corrected chi connectivity index (χ0v) is 22.9. The zero-order valence-electron chi connectivity index (χ0n) is 22.1. The average Bonchev–Trinajstić information content (AvgIpc) is 3.59. The molecule has 2 aromatic carbocycles. The highest BCUT2D eigenvalue weighted by molar-refractivity contribution is 7.80. The molecule has 0 aliphatic carbocycles. The summed E-state index contributed by atoms with van der Waals surface area (Å²) in [6, 6.07) is 17.6. The molecule has 5 rings (SSSR count). The smallest absolute Gasteiger partial charge is 0.335 e. The van der Waals surface area contributed by atoms with Gasteiger partial charge in [0.05, 0.1) is 22.9 Å². The lowest BCUT2D eigenvalue weighted by Gasteiger charge is -2.27. The van der Waals surface area contributed by atoms with Gasteiger partial charge < -0.3 is 30.2 Å². The van der Waals surface area contributed by atoms with Gasteiger partial charge in [-0.1, -0.05) is 13.0 Å². The molecule has 0 unspecified atom stereocenters. The summed E-state index contributed by atoms with van der Waals surface area (Å²) in [5, 5.41) is 25.7. The van der Waals surface area contributed by atoms with Crippen LogP contribution in [0.4, 0.5) is 11.4 Å². The number of hydrogen-bond acceptors (Lipinski definition) is 6. The number of carbonyl (C=O) groups excluding carboxylic acids is 1. The summed E-state index contributed by atoms with van der Waals surface area (Å²) in [6.07, 6.45) is 2.05. The molecule has 4 N–H and O–H groups in total. The maximum atomic E-state index is 12.0. The van der Waals surface area contributed by atoms with E-state index in [1.807, 2.05) is 48.2 Å². The summed E-state index contributed by atoms with van der Waals surface area (Å²) < 4.78 is 6.28. The summed E-state index contributed by atoms with van der Waals surface area (Å²) in [6.45, 7) is 3.68. The lowest BCUT2D eigenvalue weighted by molar-refractivity contribution is -0.115. The number of carboxylic acids is 2. The van der Waals surface area contributed by atoms with Gasteiger partial charge in [-0.3, -0.25) is 9.78 Å². The van der Waals surface area contributed by atoms with Gasteiger partial charge in [-0.15, -0.1) is 0 Å². The normalized spacial score (nSPS) is 16.3. The third kappa shape index (κ3) is 5.52. The first-order valence-corrected chi connectivity index (χ1v) is 13.2. The molecular formula is C30H26N4O6S. The standard InChI is InChI=1S/C30H26N4O6S/c1-3-25(35)32-21-8-7-20(12-16(21)2)34-27(26(33-30(34)41)22-6-4-5-11-31-22)24-10-9-23(40-24)17-13-18(28(36)37)15-19(14-17)29(38)39/h4-15,26-27H,3H2,1-2H3,(H,32,35)(H,33,41)(H,36,37)(H,38,39)/t26-,27-/m1/s1. The van der Waals surface area contributed by atoms with Gasteiger partial charge in [0.1, 0.15) is 17.6 Å². The molecular weight excluding hydrogens is 544 g/mol. The topological polar surface area (TPSA) is 145 Å². The van der Waals surface area contributed by atoms with E-state index in [1.54, 1.807) is 25.3 Å². The SMILES string of the molecule is CCC(=O)Nc1ccc(N2C(=S)N[C@H](c3ccccn3)[C@H]2c2ccc(-c3cc(C(=O)O)cc(C(=O)O)c3)o2)cc1C. The van der Waals surface area contributed by atoms with Crippen LogP contribution >= 0.6 is 12.2 Å². The Morgan fingerprint density at radius 3 is 2.37 bits per heavy atom. The van der Waals surface area contributed by atoms with Gasteiger partial charge in [0.15, 0.2) is 5.11 Å². The Balaban J connectivity index is 1.59. The summed E-state index contributed by atoms with van der Waals surface area (Å²) in [7, 11) is 0. The minimum atomic E-state index is -1.25. The van der Waals surface area contributed by atoms with Crippen LogP contribution in [-0.2, 0) is 4.79 Å². The Bertz CT molecular complexity index is 1640. The van der Waals surface area contributed by atoms with E-state index in [4.69, 9.17) is 16.6 Å². The number of thiocarbonyl (C=S) groups is 1. The van der Waals surface area contributed by atoms with Gasteiger partial charge >= 0.3 is 11.9 Å². The van der Waals surface area contributed by atoms with Crippen molar-refractivity contribution in [3.05, 3.63) is 101 Å². The highest BCUT2D eigenvalue weighted by atomic mass is 32.1. The second-order valence-electron chi connectivity index (χ2n) is 9.51. The first-order chi connectivity index (χ1) is 19.7. The van der Waals surface area contributed by atoms with E-state index in [-0.39, 0.29) is 17.0 Å². The first kappa shape index (κ1) is 27.5. The fourth-order valence-corrected chi connectivity index (χ4v) is 5.13. The van der Waals surface area contributed by atoms with Crippen molar-refractivity contribution in [1.82, 2.24) is 10.3 Å². The summed E-state index contributed by atoms with van der Waals surface area (Å²) in [5.74, 6) is -1.78. The highest BCUT2D eigenvalue weighted by Gasteiger charge is 2.42. The lowest BCUT2D eigenvalue weighted by atomic mass is 10.0. The Kier molecular flexibility index (Phi) is 7.54. The Morgan fingerprint density at radius 1 is 1.02 bits per heavy atom. The van der Waals surface area contributed by atoms with Gasteiger partial charge in [-0.2, -0.15) is 0 Å². The van der Waals surface area contributed by atoms with E-state index in [9.17, 15) is 24.6 Å². The van der Waals surface area contributed by atoms with Crippen LogP contribution in [-0.4, -0.2) is 38.2 Å². The van der Waals surface area contributed by atoms with Crippen LogP contribution in [0.3, 0.4) is 0 Å². The molecule has 41 heavy (non-hydrogen) atoms. The number of carbonyl (C=O) groups is 3. The molecule has 1 saturated heterocycles. The van der Waals surface area contributed by atoms with Crippen molar-refractivity contribution in [1.29, 1.82) is 0 Å². The number of nitrogens with one attached hydrogen (secondary N) is 2. The van der Waals surface area contributed by atoms with E-state index >= 15 is 0 Å². The summed E-state index contributed by atoms with van der Waals surface area (Å²) >= 11 is 5.78. The van der Waals surface area contributed by atoms with Crippen LogP contribution in [0, 0.1) is 6.92 Å². The summed E-state index contributed by atoms with van der Waals surface area (Å²) in [4.78, 5) is 41.7. The molecule has 0 radical (unpaired) electrons. The summed E-state index contributed by atoms with van der Waals surface area (Å²) in [5.41, 5.74) is 3.01. The van der Waals surface area contributed by atoms with Gasteiger partial charge in [0.2, 0.25) is 5.91 Å². The number of furan rings is 1. The molecule has 208 valence electrons. The Morgan fingerprint density at radius 2 is 1.76 bits per heavy atom. The predicted octanol–water partition coefficient (Wildman–Crippen LogP) is 5.57. The maximum absolute atomic E-state index is 12.0. The minimum absolute atomic E-state index is 0.0894. The third-order valence-corrected chi connectivity index (χ3v) is 7.13. The van der Waals surface area contributed by atoms with Crippen molar-refractivity contribution in [2.24, 2.45) is 0 Å². The number of benzene rings is 2. The van der Waals surface area contributed by atoms with Crippen LogP contribution in [0.25, 0.3) is 11.3 Å². The number of rotatable bonds is 8. The number of carboxylic acid groups (broad SMARTS) is 2. The van der Waals surface area contributed by atoms with Crippen molar-refractivity contribution in [2.75, 3.05) is 10.2 Å². The molecule has 3 heterocycles. The van der Waals surface area contributed by atoms with E-state index < -0.39 is 24.0 Å². The van der Waals surface area contributed by atoms with Crippen molar-refractivity contribution in [3.8, 4) is 11.3 Å². The molecule has 1 fully saturated rings. The molecule has 1 aliphatic rings. The lowest BCUT2D eigenvalue weighted by Crippen LogP contribution is -2.29.